The third-order valence-corrected chi connectivity index (χ3v) is 2.92. The summed E-state index contributed by atoms with van der Waals surface area (Å²) >= 11 is 0. The zero-order valence-corrected chi connectivity index (χ0v) is 9.52. The van der Waals surface area contributed by atoms with Crippen LogP contribution in [0, 0.1) is 0 Å². The summed E-state index contributed by atoms with van der Waals surface area (Å²) in [6.07, 6.45) is 6.99. The zero-order chi connectivity index (χ0) is 11.4. The number of urea groups is 1. The highest BCUT2D eigenvalue weighted by molar-refractivity contribution is 5.74. The molecule has 1 aliphatic rings. The van der Waals surface area contributed by atoms with E-state index in [4.69, 9.17) is 0 Å². The number of rotatable bonds is 3. The van der Waals surface area contributed by atoms with Crippen molar-refractivity contribution >= 4 is 6.03 Å². The highest BCUT2D eigenvalue weighted by Gasteiger charge is 2.20. The molecular formula is C12H17N3O. The van der Waals surface area contributed by atoms with E-state index in [-0.39, 0.29) is 6.03 Å². The number of pyridine rings is 1. The van der Waals surface area contributed by atoms with Gasteiger partial charge in [-0.05, 0) is 30.9 Å². The molecule has 4 heteroatoms. The molecule has 1 N–H and O–H groups in total. The van der Waals surface area contributed by atoms with Crippen LogP contribution in [0.1, 0.15) is 24.8 Å². The number of aromatic nitrogens is 1. The molecule has 1 heterocycles. The summed E-state index contributed by atoms with van der Waals surface area (Å²) in [6.45, 7) is 0.604. The van der Waals surface area contributed by atoms with Crippen LogP contribution in [-0.2, 0) is 6.54 Å². The van der Waals surface area contributed by atoms with Crippen LogP contribution in [0.3, 0.4) is 0 Å². The first-order valence-electron chi connectivity index (χ1n) is 5.66. The lowest BCUT2D eigenvalue weighted by Crippen LogP contribution is -2.45. The van der Waals surface area contributed by atoms with Crippen LogP contribution >= 0.6 is 0 Å². The summed E-state index contributed by atoms with van der Waals surface area (Å²) in [6, 6.07) is 4.25. The standard InChI is InChI=1S/C12H17N3O/c1-15(9-10-4-3-7-13-8-10)12(16)14-11-5-2-6-11/h3-4,7-8,11H,2,5-6,9H2,1H3,(H,14,16). The van der Waals surface area contributed by atoms with Crippen molar-refractivity contribution in [3.63, 3.8) is 0 Å². The van der Waals surface area contributed by atoms with Crippen LogP contribution in [0.25, 0.3) is 0 Å². The average Bonchev–Trinajstić information content (AvgIpc) is 2.24. The van der Waals surface area contributed by atoms with E-state index in [0.717, 1.165) is 18.4 Å². The Balaban J connectivity index is 1.82. The number of carbonyl (C=O) groups excluding carboxylic acids is 1. The Morgan fingerprint density at radius 1 is 1.62 bits per heavy atom. The first kappa shape index (κ1) is 10.9. The van der Waals surface area contributed by atoms with Gasteiger partial charge in [-0.3, -0.25) is 4.98 Å². The Morgan fingerprint density at radius 3 is 3.00 bits per heavy atom. The van der Waals surface area contributed by atoms with Gasteiger partial charge >= 0.3 is 6.03 Å². The first-order chi connectivity index (χ1) is 7.75. The maximum absolute atomic E-state index is 11.7. The molecule has 0 unspecified atom stereocenters. The van der Waals surface area contributed by atoms with Crippen LogP contribution in [-0.4, -0.2) is 29.0 Å². The van der Waals surface area contributed by atoms with Crippen molar-refractivity contribution in [2.45, 2.75) is 31.8 Å². The van der Waals surface area contributed by atoms with E-state index in [2.05, 4.69) is 10.3 Å². The molecule has 16 heavy (non-hydrogen) atoms. The SMILES string of the molecule is CN(Cc1cccnc1)C(=O)NC1CCC1. The Hall–Kier alpha value is -1.58. The van der Waals surface area contributed by atoms with E-state index >= 15 is 0 Å². The van der Waals surface area contributed by atoms with E-state index < -0.39 is 0 Å². The molecule has 86 valence electrons. The summed E-state index contributed by atoms with van der Waals surface area (Å²) in [5.74, 6) is 0. The molecule has 0 saturated heterocycles. The summed E-state index contributed by atoms with van der Waals surface area (Å²) in [5, 5.41) is 3.00. The minimum Gasteiger partial charge on any atom is -0.335 e. The van der Waals surface area contributed by atoms with E-state index in [1.807, 2.05) is 12.1 Å². The van der Waals surface area contributed by atoms with E-state index in [1.165, 1.54) is 6.42 Å². The molecular weight excluding hydrogens is 202 g/mol. The van der Waals surface area contributed by atoms with Crippen molar-refractivity contribution in [2.75, 3.05) is 7.05 Å². The Kier molecular flexibility index (Phi) is 3.39. The molecule has 0 atom stereocenters. The van der Waals surface area contributed by atoms with Gasteiger partial charge < -0.3 is 10.2 Å². The van der Waals surface area contributed by atoms with Crippen molar-refractivity contribution in [2.24, 2.45) is 0 Å². The molecule has 0 radical (unpaired) electrons. The topological polar surface area (TPSA) is 45.2 Å². The Bertz CT molecular complexity index is 349. The normalized spacial score (nSPS) is 15.3. The van der Waals surface area contributed by atoms with Gasteiger partial charge in [0.05, 0.1) is 0 Å². The molecule has 2 amide bonds. The molecule has 1 aliphatic carbocycles. The second-order valence-electron chi connectivity index (χ2n) is 4.29. The number of amides is 2. The van der Waals surface area contributed by atoms with E-state index in [1.54, 1.807) is 24.3 Å². The number of hydrogen-bond acceptors (Lipinski definition) is 2. The van der Waals surface area contributed by atoms with Gasteiger partial charge in [-0.1, -0.05) is 6.07 Å². The quantitative estimate of drug-likeness (QED) is 0.842. The molecule has 4 nitrogen and oxygen atoms in total. The lowest BCUT2D eigenvalue weighted by atomic mass is 9.93. The lowest BCUT2D eigenvalue weighted by molar-refractivity contribution is 0.194. The van der Waals surface area contributed by atoms with Crippen LogP contribution in [0.4, 0.5) is 4.79 Å². The second kappa shape index (κ2) is 4.96. The lowest BCUT2D eigenvalue weighted by Gasteiger charge is -2.29. The molecule has 0 aromatic carbocycles. The predicted molar refractivity (Wildman–Crippen MR) is 61.9 cm³/mol. The maximum atomic E-state index is 11.7. The van der Waals surface area contributed by atoms with Gasteiger partial charge in [-0.25, -0.2) is 4.79 Å². The van der Waals surface area contributed by atoms with Gasteiger partial charge in [0, 0.05) is 32.0 Å². The highest BCUT2D eigenvalue weighted by Crippen LogP contribution is 2.18. The summed E-state index contributed by atoms with van der Waals surface area (Å²) in [7, 11) is 1.81. The molecule has 1 aromatic heterocycles. The van der Waals surface area contributed by atoms with Crippen molar-refractivity contribution in [1.82, 2.24) is 15.2 Å². The molecule has 0 aliphatic heterocycles. The number of carbonyl (C=O) groups is 1. The van der Waals surface area contributed by atoms with Crippen molar-refractivity contribution in [3.05, 3.63) is 30.1 Å². The van der Waals surface area contributed by atoms with Gasteiger partial charge in [-0.2, -0.15) is 0 Å². The average molecular weight is 219 g/mol. The minimum atomic E-state index is 0.00792. The maximum Gasteiger partial charge on any atom is 0.317 e. The van der Waals surface area contributed by atoms with E-state index in [9.17, 15) is 4.79 Å². The Morgan fingerprint density at radius 2 is 2.44 bits per heavy atom. The number of hydrogen-bond donors (Lipinski definition) is 1. The number of nitrogens with one attached hydrogen (secondary N) is 1. The fourth-order valence-corrected chi connectivity index (χ4v) is 1.67. The smallest absolute Gasteiger partial charge is 0.317 e. The predicted octanol–water partition coefficient (Wildman–Crippen LogP) is 1.78. The highest BCUT2D eigenvalue weighted by atomic mass is 16.2. The molecule has 1 aromatic rings. The van der Waals surface area contributed by atoms with Gasteiger partial charge in [0.1, 0.15) is 0 Å². The molecule has 1 fully saturated rings. The third kappa shape index (κ3) is 2.72. The largest absolute Gasteiger partial charge is 0.335 e. The molecule has 2 rings (SSSR count). The minimum absolute atomic E-state index is 0.00792. The monoisotopic (exact) mass is 219 g/mol. The fourth-order valence-electron chi connectivity index (χ4n) is 1.67. The van der Waals surface area contributed by atoms with Gasteiger partial charge in [0.15, 0.2) is 0 Å². The van der Waals surface area contributed by atoms with Crippen molar-refractivity contribution in [1.29, 1.82) is 0 Å². The first-order valence-corrected chi connectivity index (χ1v) is 5.66. The van der Waals surface area contributed by atoms with Gasteiger partial charge in [-0.15, -0.1) is 0 Å². The number of nitrogens with zero attached hydrogens (tertiary/aromatic N) is 2. The molecule has 1 saturated carbocycles. The second-order valence-corrected chi connectivity index (χ2v) is 4.29. The van der Waals surface area contributed by atoms with Crippen molar-refractivity contribution < 1.29 is 4.79 Å². The fraction of sp³-hybridized carbons (Fsp3) is 0.500. The third-order valence-electron chi connectivity index (χ3n) is 2.92. The zero-order valence-electron chi connectivity index (χ0n) is 9.52. The summed E-state index contributed by atoms with van der Waals surface area (Å²) in [5.41, 5.74) is 1.05. The Labute approximate surface area is 95.7 Å². The summed E-state index contributed by atoms with van der Waals surface area (Å²) in [4.78, 5) is 17.5. The summed E-state index contributed by atoms with van der Waals surface area (Å²) < 4.78 is 0. The molecule has 0 spiro atoms. The van der Waals surface area contributed by atoms with Crippen LogP contribution in [0.2, 0.25) is 0 Å². The van der Waals surface area contributed by atoms with Crippen LogP contribution in [0.15, 0.2) is 24.5 Å². The van der Waals surface area contributed by atoms with Gasteiger partial charge in [0.25, 0.3) is 0 Å². The van der Waals surface area contributed by atoms with Gasteiger partial charge in [0.2, 0.25) is 0 Å². The van der Waals surface area contributed by atoms with E-state index in [0.29, 0.717) is 12.6 Å². The van der Waals surface area contributed by atoms with Crippen LogP contribution < -0.4 is 5.32 Å². The molecule has 0 bridgehead atoms. The van der Waals surface area contributed by atoms with Crippen LogP contribution in [0.5, 0.6) is 0 Å². The van der Waals surface area contributed by atoms with Crippen molar-refractivity contribution in [3.8, 4) is 0 Å².